The highest BCUT2D eigenvalue weighted by molar-refractivity contribution is 5.60. The van der Waals surface area contributed by atoms with Crippen molar-refractivity contribution in [3.05, 3.63) is 88.2 Å². The minimum absolute atomic E-state index is 0.110. The number of furan rings is 1. The lowest BCUT2D eigenvalue weighted by Gasteiger charge is -2.27. The number of hydrogen-bond donors (Lipinski definition) is 1. The number of aromatic amines is 1. The van der Waals surface area contributed by atoms with Gasteiger partial charge in [0.15, 0.2) is 11.6 Å². The quantitative estimate of drug-likeness (QED) is 0.537. The summed E-state index contributed by atoms with van der Waals surface area (Å²) in [5, 5.41) is 0. The van der Waals surface area contributed by atoms with E-state index < -0.39 is 0 Å². The molecule has 0 spiro atoms. The number of H-pyrrole nitrogens is 1. The molecule has 0 aliphatic carbocycles. The molecule has 7 heteroatoms. The molecule has 7 nitrogen and oxygen atoms in total. The van der Waals surface area contributed by atoms with Crippen LogP contribution in [0.2, 0.25) is 0 Å². The van der Waals surface area contributed by atoms with Crippen molar-refractivity contribution in [3.8, 4) is 28.6 Å². The molecule has 1 aromatic carbocycles. The fourth-order valence-electron chi connectivity index (χ4n) is 3.87. The minimum atomic E-state index is -0.110. The molecule has 0 amide bonds. The van der Waals surface area contributed by atoms with Gasteiger partial charge in [0.1, 0.15) is 5.75 Å². The summed E-state index contributed by atoms with van der Waals surface area (Å²) in [7, 11) is 1.66. The van der Waals surface area contributed by atoms with E-state index >= 15 is 0 Å². The first kappa shape index (κ1) is 19.3. The fourth-order valence-corrected chi connectivity index (χ4v) is 3.87. The molecule has 1 N–H and O–H groups in total. The van der Waals surface area contributed by atoms with Gasteiger partial charge in [-0.05, 0) is 48.5 Å². The molecule has 1 aliphatic heterocycles. The first-order valence-corrected chi connectivity index (χ1v) is 10.2. The van der Waals surface area contributed by atoms with Crippen molar-refractivity contribution in [2.45, 2.75) is 19.5 Å². The van der Waals surface area contributed by atoms with Gasteiger partial charge in [-0.25, -0.2) is 4.98 Å². The van der Waals surface area contributed by atoms with Crippen LogP contribution in [-0.2, 0) is 19.5 Å². The summed E-state index contributed by atoms with van der Waals surface area (Å²) in [6, 6.07) is 17.5. The maximum absolute atomic E-state index is 12.7. The second kappa shape index (κ2) is 8.20. The summed E-state index contributed by atoms with van der Waals surface area (Å²) in [6.07, 6.45) is 2.29. The first-order valence-electron chi connectivity index (χ1n) is 10.2. The van der Waals surface area contributed by atoms with Crippen molar-refractivity contribution >= 4 is 0 Å². The van der Waals surface area contributed by atoms with Crippen LogP contribution in [0, 0.1) is 0 Å². The van der Waals surface area contributed by atoms with Crippen LogP contribution >= 0.6 is 0 Å². The molecule has 4 aromatic rings. The highest BCUT2D eigenvalue weighted by Crippen LogP contribution is 2.23. The molecule has 0 unspecified atom stereocenters. The Kier molecular flexibility index (Phi) is 5.09. The summed E-state index contributed by atoms with van der Waals surface area (Å²) < 4.78 is 10.6. The van der Waals surface area contributed by atoms with Gasteiger partial charge in [-0.15, -0.1) is 0 Å². The van der Waals surface area contributed by atoms with E-state index in [1.807, 2.05) is 42.5 Å². The maximum Gasteiger partial charge on any atom is 0.256 e. The molecule has 0 fully saturated rings. The molecule has 0 radical (unpaired) electrons. The highest BCUT2D eigenvalue weighted by Gasteiger charge is 2.22. The lowest BCUT2D eigenvalue weighted by molar-refractivity contribution is 0.239. The molecular formula is C24H22N4O3. The topological polar surface area (TPSA) is 84.2 Å². The van der Waals surface area contributed by atoms with Gasteiger partial charge in [0.25, 0.3) is 5.56 Å². The summed E-state index contributed by atoms with van der Waals surface area (Å²) in [5.41, 5.74) is 4.37. The number of ether oxygens (including phenoxy) is 1. The molecule has 0 saturated heterocycles. The summed E-state index contributed by atoms with van der Waals surface area (Å²) in [6.45, 7) is 2.03. The average Bonchev–Trinajstić information content (AvgIpc) is 3.35. The second-order valence-electron chi connectivity index (χ2n) is 7.52. The van der Waals surface area contributed by atoms with Crippen LogP contribution in [0.25, 0.3) is 22.8 Å². The fraction of sp³-hybridized carbons (Fsp3) is 0.208. The normalized spacial score (nSPS) is 13.7. The van der Waals surface area contributed by atoms with Gasteiger partial charge in [-0.1, -0.05) is 6.07 Å². The number of hydrogen-bond acceptors (Lipinski definition) is 6. The standard InChI is InChI=1S/C24H22N4O3/c1-30-18-9-7-16(8-10-18)20-5-2-4-17(25-20)14-28-12-11-21-19(15-28)24(29)27-23(26-21)22-6-3-13-31-22/h2-10,13H,11-12,14-15H2,1H3,(H,26,27,29). The average molecular weight is 414 g/mol. The van der Waals surface area contributed by atoms with Gasteiger partial charge in [0, 0.05) is 31.6 Å². The molecule has 3 aromatic heterocycles. The van der Waals surface area contributed by atoms with Gasteiger partial charge in [-0.3, -0.25) is 14.7 Å². The van der Waals surface area contributed by atoms with Crippen LogP contribution in [0.1, 0.15) is 17.0 Å². The Morgan fingerprint density at radius 2 is 1.97 bits per heavy atom. The first-order chi connectivity index (χ1) is 15.2. The van der Waals surface area contributed by atoms with Crippen LogP contribution in [-0.4, -0.2) is 33.5 Å². The zero-order chi connectivity index (χ0) is 21.2. The van der Waals surface area contributed by atoms with Gasteiger partial charge >= 0.3 is 0 Å². The van der Waals surface area contributed by atoms with Crippen molar-refractivity contribution in [2.75, 3.05) is 13.7 Å². The van der Waals surface area contributed by atoms with E-state index in [-0.39, 0.29) is 5.56 Å². The van der Waals surface area contributed by atoms with E-state index in [1.165, 1.54) is 0 Å². The Hall–Kier alpha value is -3.71. The number of nitrogens with one attached hydrogen (secondary N) is 1. The molecule has 156 valence electrons. The smallest absolute Gasteiger partial charge is 0.256 e. The molecule has 0 saturated carbocycles. The molecule has 5 rings (SSSR count). The SMILES string of the molecule is COc1ccc(-c2cccc(CN3CCc4nc(-c5ccco5)[nH]c(=O)c4C3)n2)cc1. The molecule has 1 aliphatic rings. The Bertz CT molecular complexity index is 1250. The molecular weight excluding hydrogens is 392 g/mol. The van der Waals surface area contributed by atoms with Gasteiger partial charge in [0.2, 0.25) is 0 Å². The largest absolute Gasteiger partial charge is 0.497 e. The Morgan fingerprint density at radius 1 is 1.10 bits per heavy atom. The van der Waals surface area contributed by atoms with E-state index in [9.17, 15) is 4.79 Å². The Balaban J connectivity index is 1.34. The monoisotopic (exact) mass is 414 g/mol. The number of nitrogens with zero attached hydrogens (tertiary/aromatic N) is 3. The number of methoxy groups -OCH3 is 1. The number of aromatic nitrogens is 3. The Morgan fingerprint density at radius 3 is 2.74 bits per heavy atom. The number of pyridine rings is 1. The molecule has 0 bridgehead atoms. The summed E-state index contributed by atoms with van der Waals surface area (Å²) in [5.74, 6) is 1.87. The van der Waals surface area contributed by atoms with Gasteiger partial charge in [0.05, 0.1) is 36.0 Å². The molecule has 0 atom stereocenters. The van der Waals surface area contributed by atoms with Gasteiger partial charge < -0.3 is 14.1 Å². The third kappa shape index (κ3) is 4.00. The lowest BCUT2D eigenvalue weighted by atomic mass is 10.1. The predicted molar refractivity (Wildman–Crippen MR) is 117 cm³/mol. The molecule has 4 heterocycles. The van der Waals surface area contributed by atoms with Crippen molar-refractivity contribution in [1.29, 1.82) is 0 Å². The number of benzene rings is 1. The van der Waals surface area contributed by atoms with Crippen LogP contribution in [0.5, 0.6) is 5.75 Å². The Labute approximate surface area is 179 Å². The van der Waals surface area contributed by atoms with Crippen LogP contribution in [0.3, 0.4) is 0 Å². The van der Waals surface area contributed by atoms with E-state index in [2.05, 4.69) is 14.9 Å². The number of rotatable bonds is 5. The molecule has 31 heavy (non-hydrogen) atoms. The lowest BCUT2D eigenvalue weighted by Crippen LogP contribution is -2.35. The maximum atomic E-state index is 12.7. The van der Waals surface area contributed by atoms with Crippen LogP contribution in [0.4, 0.5) is 0 Å². The van der Waals surface area contributed by atoms with E-state index in [4.69, 9.17) is 14.1 Å². The summed E-state index contributed by atoms with van der Waals surface area (Å²) in [4.78, 5) is 27.2. The van der Waals surface area contributed by atoms with Crippen molar-refractivity contribution in [2.24, 2.45) is 0 Å². The minimum Gasteiger partial charge on any atom is -0.497 e. The van der Waals surface area contributed by atoms with Crippen molar-refractivity contribution in [1.82, 2.24) is 19.9 Å². The predicted octanol–water partition coefficient (Wildman–Crippen LogP) is 3.66. The zero-order valence-electron chi connectivity index (χ0n) is 17.2. The van der Waals surface area contributed by atoms with E-state index in [1.54, 1.807) is 25.5 Å². The van der Waals surface area contributed by atoms with Gasteiger partial charge in [-0.2, -0.15) is 0 Å². The third-order valence-corrected chi connectivity index (χ3v) is 5.48. The third-order valence-electron chi connectivity index (χ3n) is 5.48. The summed E-state index contributed by atoms with van der Waals surface area (Å²) >= 11 is 0. The van der Waals surface area contributed by atoms with Crippen LogP contribution < -0.4 is 10.3 Å². The number of fused-ring (bicyclic) bond motifs is 1. The van der Waals surface area contributed by atoms with Crippen LogP contribution in [0.15, 0.2) is 70.1 Å². The van der Waals surface area contributed by atoms with Crippen molar-refractivity contribution in [3.63, 3.8) is 0 Å². The van der Waals surface area contributed by atoms with E-state index in [0.717, 1.165) is 34.9 Å². The highest BCUT2D eigenvalue weighted by atomic mass is 16.5. The zero-order valence-corrected chi connectivity index (χ0v) is 17.2. The van der Waals surface area contributed by atoms with Crippen molar-refractivity contribution < 1.29 is 9.15 Å². The second-order valence-corrected chi connectivity index (χ2v) is 7.52. The van der Waals surface area contributed by atoms with E-state index in [0.29, 0.717) is 36.7 Å².